The molecule has 8 heteroatoms. The van der Waals surface area contributed by atoms with Gasteiger partial charge in [0, 0.05) is 41.9 Å². The van der Waals surface area contributed by atoms with Crippen molar-refractivity contribution in [2.45, 2.75) is 12.0 Å². The minimum Gasteiger partial charge on any atom is -0.383 e. The number of carbonyl (C=O) groups is 2. The van der Waals surface area contributed by atoms with Crippen LogP contribution in [0.5, 0.6) is 0 Å². The van der Waals surface area contributed by atoms with Crippen LogP contribution >= 0.6 is 11.6 Å². The van der Waals surface area contributed by atoms with Gasteiger partial charge in [0.2, 0.25) is 5.91 Å². The SMILES string of the molecule is COCCN1C(=O)c2ccccc2[C@H](C(=O)Nc2ccc(F)cc2Cl)[C@H]1c1c[nH]c2ccccc12. The largest absolute Gasteiger partial charge is 0.383 e. The van der Waals surface area contributed by atoms with Gasteiger partial charge >= 0.3 is 0 Å². The normalized spacial score (nSPS) is 17.5. The second kappa shape index (κ2) is 9.52. The molecule has 1 aliphatic heterocycles. The first-order valence-corrected chi connectivity index (χ1v) is 11.6. The molecule has 5 rings (SSSR count). The summed E-state index contributed by atoms with van der Waals surface area (Å²) < 4.78 is 18.9. The zero-order valence-electron chi connectivity index (χ0n) is 18.9. The molecule has 0 unspecified atom stereocenters. The van der Waals surface area contributed by atoms with E-state index in [4.69, 9.17) is 16.3 Å². The van der Waals surface area contributed by atoms with Crippen LogP contribution in [0.4, 0.5) is 10.1 Å². The average molecular weight is 492 g/mol. The highest BCUT2D eigenvalue weighted by Crippen LogP contribution is 2.45. The van der Waals surface area contributed by atoms with Crippen molar-refractivity contribution in [2.75, 3.05) is 25.6 Å². The van der Waals surface area contributed by atoms with Crippen LogP contribution in [-0.2, 0) is 9.53 Å². The molecule has 2 N–H and O–H groups in total. The second-order valence-corrected chi connectivity index (χ2v) is 8.81. The summed E-state index contributed by atoms with van der Waals surface area (Å²) in [5, 5.41) is 3.88. The van der Waals surface area contributed by atoms with E-state index in [-0.39, 0.29) is 16.8 Å². The van der Waals surface area contributed by atoms with E-state index in [0.29, 0.717) is 30.0 Å². The molecular weight excluding hydrogens is 469 g/mol. The quantitative estimate of drug-likeness (QED) is 0.372. The van der Waals surface area contributed by atoms with E-state index in [2.05, 4.69) is 10.3 Å². The van der Waals surface area contributed by atoms with Crippen LogP contribution in [-0.4, -0.2) is 42.0 Å². The maximum absolute atomic E-state index is 13.9. The van der Waals surface area contributed by atoms with Gasteiger partial charge in [-0.1, -0.05) is 48.0 Å². The number of aromatic amines is 1. The molecule has 2 atom stereocenters. The van der Waals surface area contributed by atoms with Crippen molar-refractivity contribution in [3.05, 3.63) is 100 Å². The summed E-state index contributed by atoms with van der Waals surface area (Å²) in [6.07, 6.45) is 1.85. The zero-order chi connectivity index (χ0) is 24.5. The van der Waals surface area contributed by atoms with Gasteiger partial charge in [0.25, 0.3) is 5.91 Å². The maximum Gasteiger partial charge on any atom is 0.254 e. The van der Waals surface area contributed by atoms with Crippen LogP contribution in [0.3, 0.4) is 0 Å². The van der Waals surface area contributed by atoms with Crippen LogP contribution in [0.25, 0.3) is 10.9 Å². The molecular formula is C27H23ClFN3O3. The topological polar surface area (TPSA) is 74.4 Å². The Morgan fingerprint density at radius 3 is 2.69 bits per heavy atom. The summed E-state index contributed by atoms with van der Waals surface area (Å²) in [5.41, 5.74) is 3.11. The van der Waals surface area contributed by atoms with E-state index in [1.165, 1.54) is 12.1 Å². The third kappa shape index (κ3) is 4.17. The Hall–Kier alpha value is -3.68. The van der Waals surface area contributed by atoms with Crippen LogP contribution in [0.1, 0.15) is 33.4 Å². The number of aromatic nitrogens is 1. The number of anilines is 1. The van der Waals surface area contributed by atoms with E-state index < -0.39 is 17.8 Å². The van der Waals surface area contributed by atoms with Crippen LogP contribution in [0.15, 0.2) is 72.9 Å². The lowest BCUT2D eigenvalue weighted by molar-refractivity contribution is -0.119. The van der Waals surface area contributed by atoms with Crippen molar-refractivity contribution in [1.82, 2.24) is 9.88 Å². The van der Waals surface area contributed by atoms with Crippen molar-refractivity contribution < 1.29 is 18.7 Å². The van der Waals surface area contributed by atoms with Gasteiger partial charge in [-0.25, -0.2) is 4.39 Å². The molecule has 0 aliphatic carbocycles. The highest BCUT2D eigenvalue weighted by molar-refractivity contribution is 6.33. The number of ether oxygens (including phenoxy) is 1. The molecule has 0 saturated heterocycles. The number of halogens is 2. The van der Waals surface area contributed by atoms with E-state index in [9.17, 15) is 14.0 Å². The molecule has 1 aliphatic rings. The molecule has 0 spiro atoms. The third-order valence-electron chi connectivity index (χ3n) is 6.39. The number of carbonyl (C=O) groups excluding carboxylic acids is 2. The Morgan fingerprint density at radius 1 is 1.11 bits per heavy atom. The van der Waals surface area contributed by atoms with Gasteiger partial charge < -0.3 is 19.9 Å². The van der Waals surface area contributed by atoms with Crippen molar-refractivity contribution in [3.63, 3.8) is 0 Å². The number of benzene rings is 3. The summed E-state index contributed by atoms with van der Waals surface area (Å²) in [4.78, 5) is 32.5. The molecule has 3 aromatic carbocycles. The minimum atomic E-state index is -0.749. The predicted octanol–water partition coefficient (Wildman–Crippen LogP) is 5.53. The molecule has 35 heavy (non-hydrogen) atoms. The Labute approximate surface area is 206 Å². The lowest BCUT2D eigenvalue weighted by Gasteiger charge is -2.41. The van der Waals surface area contributed by atoms with E-state index in [1.54, 1.807) is 30.2 Å². The molecule has 178 valence electrons. The fourth-order valence-corrected chi connectivity index (χ4v) is 5.01. The van der Waals surface area contributed by atoms with Gasteiger partial charge in [-0.3, -0.25) is 9.59 Å². The molecule has 0 radical (unpaired) electrons. The Morgan fingerprint density at radius 2 is 1.89 bits per heavy atom. The number of para-hydroxylation sites is 1. The van der Waals surface area contributed by atoms with Crippen molar-refractivity contribution in [1.29, 1.82) is 0 Å². The number of hydrogen-bond donors (Lipinski definition) is 2. The molecule has 0 bridgehead atoms. The first-order chi connectivity index (χ1) is 17.0. The number of fused-ring (bicyclic) bond motifs is 2. The van der Waals surface area contributed by atoms with Gasteiger partial charge in [0.05, 0.1) is 29.3 Å². The van der Waals surface area contributed by atoms with Gasteiger partial charge in [-0.05, 0) is 35.9 Å². The molecule has 1 aromatic heterocycles. The summed E-state index contributed by atoms with van der Waals surface area (Å²) in [6, 6.07) is 18.1. The lowest BCUT2D eigenvalue weighted by Crippen LogP contribution is -2.47. The lowest BCUT2D eigenvalue weighted by atomic mass is 9.79. The standard InChI is InChI=1S/C27H23ClFN3O3/c1-35-13-12-32-25(20-15-30-22-9-5-4-6-17(20)22)24(18-7-2-3-8-19(18)27(32)34)26(33)31-23-11-10-16(29)14-21(23)28/h2-11,14-15,24-25,30H,12-13H2,1H3,(H,31,33)/t24-,25+/m0/s1. The monoisotopic (exact) mass is 491 g/mol. The fraction of sp³-hybridized carbons (Fsp3) is 0.185. The van der Waals surface area contributed by atoms with E-state index in [1.807, 2.05) is 36.5 Å². The molecule has 4 aromatic rings. The molecule has 2 amide bonds. The number of rotatable bonds is 6. The van der Waals surface area contributed by atoms with E-state index >= 15 is 0 Å². The van der Waals surface area contributed by atoms with Crippen LogP contribution in [0.2, 0.25) is 5.02 Å². The summed E-state index contributed by atoms with van der Waals surface area (Å²) in [5.74, 6) is -1.77. The number of hydrogen-bond acceptors (Lipinski definition) is 3. The van der Waals surface area contributed by atoms with Gasteiger partial charge in [-0.15, -0.1) is 0 Å². The first-order valence-electron chi connectivity index (χ1n) is 11.2. The van der Waals surface area contributed by atoms with Gasteiger partial charge in [-0.2, -0.15) is 0 Å². The molecule has 2 heterocycles. The van der Waals surface area contributed by atoms with Crippen LogP contribution < -0.4 is 5.32 Å². The van der Waals surface area contributed by atoms with Crippen LogP contribution in [0, 0.1) is 5.82 Å². The number of H-pyrrole nitrogens is 1. The predicted molar refractivity (Wildman–Crippen MR) is 133 cm³/mol. The number of nitrogens with one attached hydrogen (secondary N) is 2. The number of methoxy groups -OCH3 is 1. The average Bonchev–Trinajstić information content (AvgIpc) is 3.29. The maximum atomic E-state index is 13.9. The number of nitrogens with zero attached hydrogens (tertiary/aromatic N) is 1. The number of amides is 2. The van der Waals surface area contributed by atoms with Crippen molar-refractivity contribution in [2.24, 2.45) is 0 Å². The van der Waals surface area contributed by atoms with E-state index in [0.717, 1.165) is 22.5 Å². The fourth-order valence-electron chi connectivity index (χ4n) is 4.80. The second-order valence-electron chi connectivity index (χ2n) is 8.40. The van der Waals surface area contributed by atoms with Gasteiger partial charge in [0.15, 0.2) is 0 Å². The zero-order valence-corrected chi connectivity index (χ0v) is 19.7. The molecule has 0 fully saturated rings. The third-order valence-corrected chi connectivity index (χ3v) is 6.70. The first kappa shape index (κ1) is 23.1. The van der Waals surface area contributed by atoms with Crippen molar-refractivity contribution >= 4 is 40.0 Å². The summed E-state index contributed by atoms with van der Waals surface area (Å²) >= 11 is 6.21. The Balaban J connectivity index is 1.67. The van der Waals surface area contributed by atoms with Crippen molar-refractivity contribution in [3.8, 4) is 0 Å². The summed E-state index contributed by atoms with van der Waals surface area (Å²) in [6.45, 7) is 0.611. The smallest absolute Gasteiger partial charge is 0.254 e. The molecule has 6 nitrogen and oxygen atoms in total. The minimum absolute atomic E-state index is 0.0957. The Bertz CT molecular complexity index is 1420. The molecule has 0 saturated carbocycles. The highest BCUT2D eigenvalue weighted by atomic mass is 35.5. The van der Waals surface area contributed by atoms with Gasteiger partial charge in [0.1, 0.15) is 5.82 Å². The highest BCUT2D eigenvalue weighted by Gasteiger charge is 2.44. The Kier molecular flexibility index (Phi) is 6.28. The summed E-state index contributed by atoms with van der Waals surface area (Å²) in [7, 11) is 1.57.